The van der Waals surface area contributed by atoms with Gasteiger partial charge >= 0.3 is 0 Å². The fourth-order valence-electron chi connectivity index (χ4n) is 9.09. The monoisotopic (exact) mass is 791 g/mol. The molecule has 0 bridgehead atoms. The fourth-order valence-corrected chi connectivity index (χ4v) is 9.09. The van der Waals surface area contributed by atoms with Crippen molar-refractivity contribution in [1.82, 2.24) is 24.1 Å². The predicted octanol–water partition coefficient (Wildman–Crippen LogP) is 14.4. The quantitative estimate of drug-likeness (QED) is 0.162. The van der Waals surface area contributed by atoms with Crippen LogP contribution in [-0.2, 0) is 0 Å². The molecule has 5 nitrogen and oxygen atoms in total. The molecule has 3 aromatic heterocycles. The van der Waals surface area contributed by atoms with Crippen LogP contribution in [0.4, 0.5) is 0 Å². The minimum Gasteiger partial charge on any atom is -0.309 e. The Balaban J connectivity index is 0.995. The second kappa shape index (κ2) is 14.7. The van der Waals surface area contributed by atoms with Gasteiger partial charge in [-0.1, -0.05) is 176 Å². The second-order valence-electron chi connectivity index (χ2n) is 15.6. The number of rotatable bonds is 7. The van der Waals surface area contributed by atoms with E-state index in [2.05, 4.69) is 173 Å². The van der Waals surface area contributed by atoms with Crippen LogP contribution in [0.3, 0.4) is 0 Å². The Morgan fingerprint density at radius 1 is 0.242 bits per heavy atom. The summed E-state index contributed by atoms with van der Waals surface area (Å²) in [7, 11) is 0. The van der Waals surface area contributed by atoms with E-state index >= 15 is 0 Å². The number of nitrogens with zero attached hydrogens (tertiary/aromatic N) is 5. The number of fused-ring (bicyclic) bond motifs is 7. The van der Waals surface area contributed by atoms with Crippen molar-refractivity contribution >= 4 is 43.6 Å². The summed E-state index contributed by atoms with van der Waals surface area (Å²) in [5, 5.41) is 4.89. The van der Waals surface area contributed by atoms with Crippen molar-refractivity contribution in [2.24, 2.45) is 0 Å². The Kier molecular flexibility index (Phi) is 8.42. The molecule has 62 heavy (non-hydrogen) atoms. The normalized spacial score (nSPS) is 11.5. The van der Waals surface area contributed by atoms with Crippen LogP contribution >= 0.6 is 0 Å². The molecule has 5 heteroatoms. The molecular weight excluding hydrogens is 755 g/mol. The van der Waals surface area contributed by atoms with Crippen molar-refractivity contribution in [2.75, 3.05) is 0 Å². The molecule has 0 saturated carbocycles. The van der Waals surface area contributed by atoms with Gasteiger partial charge in [-0.25, -0.2) is 15.0 Å². The van der Waals surface area contributed by atoms with Crippen molar-refractivity contribution in [2.45, 2.75) is 0 Å². The van der Waals surface area contributed by atoms with Gasteiger partial charge in [0.2, 0.25) is 0 Å². The third kappa shape index (κ3) is 5.98. The van der Waals surface area contributed by atoms with Crippen LogP contribution in [0.2, 0.25) is 0 Å². The van der Waals surface area contributed by atoms with E-state index in [4.69, 9.17) is 15.0 Å². The molecule has 12 rings (SSSR count). The molecule has 12 aromatic rings. The molecule has 0 unspecified atom stereocenters. The topological polar surface area (TPSA) is 48.5 Å². The van der Waals surface area contributed by atoms with Gasteiger partial charge in [-0.3, -0.25) is 0 Å². The SMILES string of the molecule is c1ccc(-c2ccc(-c3ccc(-n4c5ccccc5c5c6c7ccccc7n(-c7cccc(-c8nc(-c9ccccc9)nc(-c9ccccc9)n8)c7)c6ccc54)cc3)cc2)cc1. The molecule has 0 fully saturated rings. The Morgan fingerprint density at radius 2 is 0.613 bits per heavy atom. The maximum atomic E-state index is 5.06. The summed E-state index contributed by atoms with van der Waals surface area (Å²) in [5.74, 6) is 1.91. The van der Waals surface area contributed by atoms with Crippen LogP contribution in [-0.4, -0.2) is 24.1 Å². The molecule has 0 aliphatic rings. The van der Waals surface area contributed by atoms with Gasteiger partial charge in [-0.05, 0) is 70.8 Å². The summed E-state index contributed by atoms with van der Waals surface area (Å²) in [6, 6.07) is 79.3. The first kappa shape index (κ1) is 35.5. The molecule has 0 atom stereocenters. The van der Waals surface area contributed by atoms with Crippen LogP contribution in [0.15, 0.2) is 224 Å². The highest BCUT2D eigenvalue weighted by Crippen LogP contribution is 2.43. The minimum atomic E-state index is 0.626. The van der Waals surface area contributed by atoms with Gasteiger partial charge in [0.1, 0.15) is 0 Å². The number of aromatic nitrogens is 5. The first-order valence-corrected chi connectivity index (χ1v) is 20.9. The van der Waals surface area contributed by atoms with Crippen LogP contribution < -0.4 is 0 Å². The summed E-state index contributed by atoms with van der Waals surface area (Å²) in [5.41, 5.74) is 14.4. The summed E-state index contributed by atoms with van der Waals surface area (Å²) >= 11 is 0. The highest BCUT2D eigenvalue weighted by molar-refractivity contribution is 6.28. The van der Waals surface area contributed by atoms with E-state index in [0.717, 1.165) is 39.1 Å². The second-order valence-corrected chi connectivity index (χ2v) is 15.6. The van der Waals surface area contributed by atoms with Gasteiger partial charge in [-0.2, -0.15) is 0 Å². The lowest BCUT2D eigenvalue weighted by atomic mass is 10.0. The van der Waals surface area contributed by atoms with Crippen molar-refractivity contribution in [3.8, 4) is 67.8 Å². The third-order valence-corrected chi connectivity index (χ3v) is 12.0. The minimum absolute atomic E-state index is 0.626. The average molecular weight is 792 g/mol. The number of hydrogen-bond donors (Lipinski definition) is 0. The Morgan fingerprint density at radius 3 is 1.11 bits per heavy atom. The Labute approximate surface area is 358 Å². The van der Waals surface area contributed by atoms with Crippen molar-refractivity contribution in [3.63, 3.8) is 0 Å². The molecule has 0 spiro atoms. The van der Waals surface area contributed by atoms with Crippen molar-refractivity contribution in [1.29, 1.82) is 0 Å². The van der Waals surface area contributed by atoms with E-state index in [0.29, 0.717) is 17.5 Å². The number of benzene rings is 9. The number of hydrogen-bond acceptors (Lipinski definition) is 3. The van der Waals surface area contributed by atoms with E-state index < -0.39 is 0 Å². The first-order chi connectivity index (χ1) is 30.7. The van der Waals surface area contributed by atoms with E-state index in [1.54, 1.807) is 0 Å². The predicted molar refractivity (Wildman–Crippen MR) is 256 cm³/mol. The van der Waals surface area contributed by atoms with Gasteiger partial charge in [0.15, 0.2) is 17.5 Å². The van der Waals surface area contributed by atoms with E-state index in [9.17, 15) is 0 Å². The average Bonchev–Trinajstić information content (AvgIpc) is 3.88. The zero-order valence-corrected chi connectivity index (χ0v) is 33.6. The zero-order chi connectivity index (χ0) is 41.0. The van der Waals surface area contributed by atoms with Gasteiger partial charge in [-0.15, -0.1) is 0 Å². The lowest BCUT2D eigenvalue weighted by Gasteiger charge is -2.12. The Bertz CT molecular complexity index is 3530. The van der Waals surface area contributed by atoms with Crippen LogP contribution in [0.5, 0.6) is 0 Å². The molecule has 0 saturated heterocycles. The molecule has 0 amide bonds. The van der Waals surface area contributed by atoms with Crippen LogP contribution in [0.25, 0.3) is 111 Å². The summed E-state index contributed by atoms with van der Waals surface area (Å²) < 4.78 is 4.80. The maximum absolute atomic E-state index is 5.06. The first-order valence-electron chi connectivity index (χ1n) is 20.9. The Hall–Kier alpha value is -8.41. The molecule has 0 radical (unpaired) electrons. The highest BCUT2D eigenvalue weighted by Gasteiger charge is 2.21. The summed E-state index contributed by atoms with van der Waals surface area (Å²) in [4.78, 5) is 15.0. The molecule has 290 valence electrons. The molecule has 9 aromatic carbocycles. The highest BCUT2D eigenvalue weighted by atomic mass is 15.0. The third-order valence-electron chi connectivity index (χ3n) is 12.0. The van der Waals surface area contributed by atoms with Gasteiger partial charge in [0, 0.05) is 49.6 Å². The lowest BCUT2D eigenvalue weighted by molar-refractivity contribution is 1.07. The number of para-hydroxylation sites is 2. The molecule has 0 aliphatic heterocycles. The molecule has 0 N–H and O–H groups in total. The van der Waals surface area contributed by atoms with Gasteiger partial charge < -0.3 is 9.13 Å². The molecule has 3 heterocycles. The van der Waals surface area contributed by atoms with Gasteiger partial charge in [0.05, 0.1) is 22.1 Å². The molecule has 0 aliphatic carbocycles. The van der Waals surface area contributed by atoms with Crippen molar-refractivity contribution in [3.05, 3.63) is 224 Å². The largest absolute Gasteiger partial charge is 0.309 e. The van der Waals surface area contributed by atoms with E-state index in [1.807, 2.05) is 60.7 Å². The summed E-state index contributed by atoms with van der Waals surface area (Å²) in [6.45, 7) is 0. The lowest BCUT2D eigenvalue weighted by Crippen LogP contribution is -2.01. The van der Waals surface area contributed by atoms with Crippen LogP contribution in [0, 0.1) is 0 Å². The van der Waals surface area contributed by atoms with Gasteiger partial charge in [0.25, 0.3) is 0 Å². The van der Waals surface area contributed by atoms with Crippen LogP contribution in [0.1, 0.15) is 0 Å². The maximum Gasteiger partial charge on any atom is 0.164 e. The zero-order valence-electron chi connectivity index (χ0n) is 33.6. The van der Waals surface area contributed by atoms with E-state index in [-0.39, 0.29) is 0 Å². The fraction of sp³-hybridized carbons (Fsp3) is 0. The standard InChI is InChI=1S/C57H37N5/c1-4-15-38(16-5-1)39-27-29-40(30-28-39)41-31-33-45(34-32-41)61-49-25-12-10-23-47(49)53-51(61)35-36-52-54(53)48-24-11-13-26-50(48)62(52)46-22-14-21-44(37-46)57-59-55(42-17-6-2-7-18-42)58-56(60-57)43-19-8-3-9-20-43/h1-37H. The summed E-state index contributed by atoms with van der Waals surface area (Å²) in [6.07, 6.45) is 0. The molecular formula is C57H37N5. The smallest absolute Gasteiger partial charge is 0.164 e. The van der Waals surface area contributed by atoms with Crippen molar-refractivity contribution < 1.29 is 0 Å². The van der Waals surface area contributed by atoms with E-state index in [1.165, 1.54) is 54.8 Å².